The van der Waals surface area contributed by atoms with Gasteiger partial charge in [0.05, 0.1) is 12.4 Å². The molecule has 1 N–H and O–H groups in total. The molecular formula is C17H12FIO3. The predicted molar refractivity (Wildman–Crippen MR) is 89.2 cm³/mol. The summed E-state index contributed by atoms with van der Waals surface area (Å²) in [6.07, 6.45) is 0.0979. The molecule has 3 nitrogen and oxygen atoms in total. The number of benzene rings is 2. The molecule has 0 radical (unpaired) electrons. The minimum atomic E-state index is -1.19. The van der Waals surface area contributed by atoms with Crippen LogP contribution in [0.3, 0.4) is 0 Å². The Labute approximate surface area is 139 Å². The van der Waals surface area contributed by atoms with E-state index in [0.717, 1.165) is 3.57 Å². The normalized spacial score (nSPS) is 12.5. The van der Waals surface area contributed by atoms with Gasteiger partial charge in [-0.2, -0.15) is 0 Å². The second-order valence-corrected chi connectivity index (χ2v) is 6.12. The van der Waals surface area contributed by atoms with Gasteiger partial charge in [-0.25, -0.2) is 4.39 Å². The van der Waals surface area contributed by atoms with Crippen molar-refractivity contribution in [3.63, 3.8) is 0 Å². The highest BCUT2D eigenvalue weighted by atomic mass is 127. The number of carbonyl (C=O) groups excluding carboxylic acids is 1. The summed E-state index contributed by atoms with van der Waals surface area (Å²) >= 11 is 2.07. The smallest absolute Gasteiger partial charge is 0.166 e. The van der Waals surface area contributed by atoms with Crippen LogP contribution >= 0.6 is 22.6 Å². The first kappa shape index (κ1) is 15.2. The van der Waals surface area contributed by atoms with E-state index >= 15 is 0 Å². The Balaban J connectivity index is 1.86. The van der Waals surface area contributed by atoms with Gasteiger partial charge in [0, 0.05) is 32.6 Å². The molecule has 0 aliphatic carbocycles. The maximum absolute atomic E-state index is 14.0. The molecule has 112 valence electrons. The lowest BCUT2D eigenvalue weighted by Crippen LogP contribution is -2.09. The minimum absolute atomic E-state index is 0.105. The van der Waals surface area contributed by atoms with Gasteiger partial charge < -0.3 is 9.52 Å². The molecule has 0 saturated carbocycles. The van der Waals surface area contributed by atoms with Crippen LogP contribution in [0.25, 0.3) is 11.0 Å². The summed E-state index contributed by atoms with van der Waals surface area (Å²) in [5.41, 5.74) is 1.05. The van der Waals surface area contributed by atoms with Crippen molar-refractivity contribution < 1.29 is 18.7 Å². The van der Waals surface area contributed by atoms with Crippen molar-refractivity contribution in [2.45, 2.75) is 12.5 Å². The van der Waals surface area contributed by atoms with Gasteiger partial charge in [-0.3, -0.25) is 4.79 Å². The van der Waals surface area contributed by atoms with Crippen LogP contribution in [0.15, 0.2) is 53.1 Å². The molecule has 0 fully saturated rings. The summed E-state index contributed by atoms with van der Waals surface area (Å²) in [6, 6.07) is 11.5. The Morgan fingerprint density at radius 3 is 2.82 bits per heavy atom. The van der Waals surface area contributed by atoms with Gasteiger partial charge >= 0.3 is 0 Å². The molecule has 2 aromatic carbocycles. The quantitative estimate of drug-likeness (QED) is 0.510. The van der Waals surface area contributed by atoms with Crippen LogP contribution < -0.4 is 0 Å². The van der Waals surface area contributed by atoms with E-state index in [-0.39, 0.29) is 17.8 Å². The molecule has 5 heteroatoms. The van der Waals surface area contributed by atoms with Gasteiger partial charge in [0.25, 0.3) is 0 Å². The molecule has 22 heavy (non-hydrogen) atoms. The Bertz CT molecular complexity index is 841. The number of Topliss-reactive ketones (excluding diaryl/α,β-unsaturated/α-hetero) is 1. The summed E-state index contributed by atoms with van der Waals surface area (Å²) in [6.45, 7) is 0. The van der Waals surface area contributed by atoms with E-state index in [1.54, 1.807) is 18.2 Å². The number of halogens is 2. The van der Waals surface area contributed by atoms with Gasteiger partial charge in [0.1, 0.15) is 11.4 Å². The number of rotatable bonds is 4. The number of ketones is 1. The molecule has 1 atom stereocenters. The molecule has 0 saturated heterocycles. The number of fused-ring (bicyclic) bond motifs is 1. The first-order chi connectivity index (χ1) is 10.6. The van der Waals surface area contributed by atoms with Crippen molar-refractivity contribution in [3.8, 4) is 0 Å². The van der Waals surface area contributed by atoms with E-state index in [9.17, 15) is 14.3 Å². The van der Waals surface area contributed by atoms with Crippen molar-refractivity contribution >= 4 is 39.3 Å². The maximum atomic E-state index is 14.0. The van der Waals surface area contributed by atoms with Crippen LogP contribution in [0.2, 0.25) is 0 Å². The van der Waals surface area contributed by atoms with E-state index < -0.39 is 11.9 Å². The van der Waals surface area contributed by atoms with Gasteiger partial charge in [-0.1, -0.05) is 18.2 Å². The third-order valence-corrected chi connectivity index (χ3v) is 4.42. The average Bonchev–Trinajstić information content (AvgIpc) is 2.93. The van der Waals surface area contributed by atoms with Crippen LogP contribution in [0, 0.1) is 9.39 Å². The molecule has 0 aliphatic heterocycles. The predicted octanol–water partition coefficient (Wildman–Crippen LogP) is 4.48. The minimum Gasteiger partial charge on any atom is -0.464 e. The summed E-state index contributed by atoms with van der Waals surface area (Å²) < 4.78 is 20.0. The van der Waals surface area contributed by atoms with Gasteiger partial charge in [0.15, 0.2) is 5.78 Å². The molecule has 0 aliphatic rings. The summed E-state index contributed by atoms with van der Waals surface area (Å²) in [5, 5.41) is 10.9. The van der Waals surface area contributed by atoms with Crippen molar-refractivity contribution in [1.82, 2.24) is 0 Å². The van der Waals surface area contributed by atoms with Gasteiger partial charge in [-0.15, -0.1) is 0 Å². The van der Waals surface area contributed by atoms with Crippen molar-refractivity contribution in [3.05, 3.63) is 69.2 Å². The molecule has 0 spiro atoms. The zero-order valence-electron chi connectivity index (χ0n) is 11.4. The van der Waals surface area contributed by atoms with Crippen LogP contribution in [0.1, 0.15) is 28.4 Å². The topological polar surface area (TPSA) is 50.4 Å². The van der Waals surface area contributed by atoms with Crippen molar-refractivity contribution in [2.24, 2.45) is 0 Å². The number of aliphatic hydroxyl groups is 1. The van der Waals surface area contributed by atoms with Crippen LogP contribution in [-0.4, -0.2) is 10.9 Å². The number of furan rings is 1. The number of hydrogen-bond donors (Lipinski definition) is 1. The Hall–Kier alpha value is -1.73. The highest BCUT2D eigenvalue weighted by Gasteiger charge is 2.20. The fraction of sp³-hybridized carbons (Fsp3) is 0.118. The highest BCUT2D eigenvalue weighted by Crippen LogP contribution is 2.27. The van der Waals surface area contributed by atoms with E-state index in [0.29, 0.717) is 16.5 Å². The van der Waals surface area contributed by atoms with E-state index in [1.807, 2.05) is 12.1 Å². The highest BCUT2D eigenvalue weighted by molar-refractivity contribution is 14.1. The lowest BCUT2D eigenvalue weighted by atomic mass is 9.99. The summed E-state index contributed by atoms with van der Waals surface area (Å²) in [7, 11) is 0. The van der Waals surface area contributed by atoms with Gasteiger partial charge in [-0.05, 0) is 40.8 Å². The van der Waals surface area contributed by atoms with E-state index in [4.69, 9.17) is 4.42 Å². The number of aliphatic hydroxyl groups excluding tert-OH is 1. The number of hydrogen-bond acceptors (Lipinski definition) is 3. The standard InChI is InChI=1S/C17H12FIO3/c18-13-8-17-10(5-6-22-17)7-12(13)16(21)9-15(20)11-3-1-2-4-14(11)19/h1-8,16,21H,9H2. The molecule has 1 heterocycles. The fourth-order valence-corrected chi connectivity index (χ4v) is 3.03. The Morgan fingerprint density at radius 1 is 1.27 bits per heavy atom. The summed E-state index contributed by atoms with van der Waals surface area (Å²) in [4.78, 5) is 12.3. The lowest BCUT2D eigenvalue weighted by Gasteiger charge is -2.12. The SMILES string of the molecule is O=C(CC(O)c1cc2ccoc2cc1F)c1ccccc1I. The Kier molecular flexibility index (Phi) is 4.26. The first-order valence-corrected chi connectivity index (χ1v) is 7.76. The van der Waals surface area contributed by atoms with Crippen molar-refractivity contribution in [1.29, 1.82) is 0 Å². The van der Waals surface area contributed by atoms with Crippen LogP contribution in [-0.2, 0) is 0 Å². The van der Waals surface area contributed by atoms with E-state index in [1.165, 1.54) is 18.4 Å². The first-order valence-electron chi connectivity index (χ1n) is 6.68. The molecular weight excluding hydrogens is 398 g/mol. The van der Waals surface area contributed by atoms with Crippen molar-refractivity contribution in [2.75, 3.05) is 0 Å². The Morgan fingerprint density at radius 2 is 2.05 bits per heavy atom. The van der Waals surface area contributed by atoms with E-state index in [2.05, 4.69) is 22.6 Å². The molecule has 3 aromatic rings. The lowest BCUT2D eigenvalue weighted by molar-refractivity contribution is 0.0875. The molecule has 3 rings (SSSR count). The third-order valence-electron chi connectivity index (χ3n) is 3.48. The molecule has 0 bridgehead atoms. The van der Waals surface area contributed by atoms with Crippen LogP contribution in [0.5, 0.6) is 0 Å². The molecule has 0 amide bonds. The monoisotopic (exact) mass is 410 g/mol. The zero-order valence-corrected chi connectivity index (χ0v) is 13.6. The van der Waals surface area contributed by atoms with Crippen LogP contribution in [0.4, 0.5) is 4.39 Å². The number of carbonyl (C=O) groups is 1. The largest absolute Gasteiger partial charge is 0.464 e. The molecule has 1 aromatic heterocycles. The fourth-order valence-electron chi connectivity index (χ4n) is 2.34. The van der Waals surface area contributed by atoms with Gasteiger partial charge in [0.2, 0.25) is 0 Å². The maximum Gasteiger partial charge on any atom is 0.166 e. The zero-order chi connectivity index (χ0) is 15.7. The second-order valence-electron chi connectivity index (χ2n) is 4.96. The average molecular weight is 410 g/mol. The summed E-state index contributed by atoms with van der Waals surface area (Å²) in [5.74, 6) is -0.797. The second kappa shape index (κ2) is 6.18. The third kappa shape index (κ3) is 2.91. The molecule has 1 unspecified atom stereocenters.